The van der Waals surface area contributed by atoms with Gasteiger partial charge in [-0.3, -0.25) is 9.59 Å². The van der Waals surface area contributed by atoms with E-state index in [2.05, 4.69) is 17.0 Å². The number of halogens is 2. The molecule has 0 aliphatic carbocycles. The van der Waals surface area contributed by atoms with Crippen LogP contribution < -0.4 is 10.9 Å². The zero-order chi connectivity index (χ0) is 23.3. The summed E-state index contributed by atoms with van der Waals surface area (Å²) in [5, 5.41) is 4.05. The van der Waals surface area contributed by atoms with E-state index < -0.39 is 17.5 Å². The molecule has 1 amide bonds. The van der Waals surface area contributed by atoms with Crippen LogP contribution in [0.3, 0.4) is 0 Å². The molecule has 1 N–H and O–H groups in total. The topological polar surface area (TPSA) is 75.9 Å². The Morgan fingerprint density at radius 1 is 1.22 bits per heavy atom. The number of hydrogen-bond acceptors (Lipinski definition) is 5. The second-order valence-corrected chi connectivity index (χ2v) is 6.99. The number of anilines is 1. The Kier molecular flexibility index (Phi) is 6.99. The predicted octanol–water partition coefficient (Wildman–Crippen LogP) is 3.40. The number of carbonyl (C=O) groups excluding carboxylic acids is 1. The molecule has 0 fully saturated rings. The first-order chi connectivity index (χ1) is 15.3. The summed E-state index contributed by atoms with van der Waals surface area (Å²) in [5.74, 6) is -2.17. The van der Waals surface area contributed by atoms with E-state index in [0.29, 0.717) is 5.56 Å². The number of pyridine rings is 1. The zero-order valence-corrected chi connectivity index (χ0v) is 17.6. The van der Waals surface area contributed by atoms with E-state index >= 15 is 0 Å². The maximum atomic E-state index is 13.7. The summed E-state index contributed by atoms with van der Waals surface area (Å²) in [6, 6.07) is 11.9. The maximum absolute atomic E-state index is 13.7. The maximum Gasteiger partial charge on any atom is 0.312 e. The Labute approximate surface area is 183 Å². The Bertz CT molecular complexity index is 1230. The summed E-state index contributed by atoms with van der Waals surface area (Å²) in [7, 11) is 2.99. The molecule has 7 nitrogen and oxygen atoms in total. The van der Waals surface area contributed by atoms with Crippen LogP contribution in [0.5, 0.6) is 0 Å². The van der Waals surface area contributed by atoms with Crippen LogP contribution in [0.2, 0.25) is 0 Å². The molecule has 0 saturated carbocycles. The SMILES string of the molecule is C=NC(=O)/C(=C\N(CNc1cccc2c1ccc(=O)n2C)Cc1cc(F)cc(F)c1)OC. The molecule has 0 unspecified atom stereocenters. The van der Waals surface area contributed by atoms with Crippen LogP contribution in [-0.4, -0.2) is 35.9 Å². The Morgan fingerprint density at radius 2 is 1.94 bits per heavy atom. The average molecular weight is 440 g/mol. The summed E-state index contributed by atoms with van der Waals surface area (Å²) in [4.78, 5) is 28.8. The van der Waals surface area contributed by atoms with Gasteiger partial charge < -0.3 is 19.5 Å². The van der Waals surface area contributed by atoms with Gasteiger partial charge in [0.1, 0.15) is 11.6 Å². The van der Waals surface area contributed by atoms with E-state index in [4.69, 9.17) is 4.74 Å². The largest absolute Gasteiger partial charge is 0.490 e. The quantitative estimate of drug-likeness (QED) is 0.252. The van der Waals surface area contributed by atoms with Crippen LogP contribution in [0.25, 0.3) is 10.9 Å². The third-order valence-electron chi connectivity index (χ3n) is 4.82. The van der Waals surface area contributed by atoms with Crippen molar-refractivity contribution in [2.75, 3.05) is 19.1 Å². The van der Waals surface area contributed by atoms with E-state index in [1.54, 1.807) is 24.1 Å². The highest BCUT2D eigenvalue weighted by molar-refractivity contribution is 5.94. The number of fused-ring (bicyclic) bond motifs is 1. The summed E-state index contributed by atoms with van der Waals surface area (Å²) in [6.07, 6.45) is 1.40. The van der Waals surface area contributed by atoms with Crippen LogP contribution in [0.1, 0.15) is 5.56 Å². The number of carbonyl (C=O) groups is 1. The molecule has 166 valence electrons. The van der Waals surface area contributed by atoms with E-state index in [-0.39, 0.29) is 24.5 Å². The smallest absolute Gasteiger partial charge is 0.312 e. The van der Waals surface area contributed by atoms with Gasteiger partial charge in [0.2, 0.25) is 5.76 Å². The van der Waals surface area contributed by atoms with E-state index in [1.165, 1.54) is 36.1 Å². The summed E-state index contributed by atoms with van der Waals surface area (Å²) in [6.45, 7) is 3.43. The minimum Gasteiger partial charge on any atom is -0.490 e. The number of methoxy groups -OCH3 is 1. The fourth-order valence-electron chi connectivity index (χ4n) is 3.27. The molecule has 0 bridgehead atoms. The third kappa shape index (κ3) is 5.18. The highest BCUT2D eigenvalue weighted by Gasteiger charge is 2.13. The Hall–Kier alpha value is -4.01. The number of aryl methyl sites for hydroxylation is 1. The molecular weight excluding hydrogens is 418 g/mol. The molecule has 0 aliphatic heterocycles. The van der Waals surface area contributed by atoms with Crippen molar-refractivity contribution in [3.8, 4) is 0 Å². The van der Waals surface area contributed by atoms with Gasteiger partial charge in [0.15, 0.2) is 0 Å². The van der Waals surface area contributed by atoms with Gasteiger partial charge in [-0.25, -0.2) is 13.8 Å². The highest BCUT2D eigenvalue weighted by Crippen LogP contribution is 2.22. The Morgan fingerprint density at radius 3 is 2.59 bits per heavy atom. The molecule has 0 atom stereocenters. The number of ether oxygens (including phenoxy) is 1. The number of nitrogens with one attached hydrogen (secondary N) is 1. The van der Waals surface area contributed by atoms with Gasteiger partial charge >= 0.3 is 5.91 Å². The summed E-state index contributed by atoms with van der Waals surface area (Å²) < 4.78 is 34.0. The van der Waals surface area contributed by atoms with Gasteiger partial charge in [-0.1, -0.05) is 6.07 Å². The standard InChI is InChI=1S/C23H22F2N4O3/c1-26-23(31)21(32-3)13-29(12-15-9-16(24)11-17(25)10-15)14-27-19-5-4-6-20-18(19)7-8-22(30)28(20)2/h4-11,13,27H,1,12,14H2,2-3H3/b21-13+. The zero-order valence-electron chi connectivity index (χ0n) is 17.6. The molecule has 0 saturated heterocycles. The molecule has 0 aliphatic rings. The first-order valence-corrected chi connectivity index (χ1v) is 9.61. The number of aliphatic imine (C=N–C) groups is 1. The van der Waals surface area contributed by atoms with Crippen molar-refractivity contribution >= 4 is 29.2 Å². The number of aromatic nitrogens is 1. The average Bonchev–Trinajstić information content (AvgIpc) is 2.76. The van der Waals surface area contributed by atoms with Gasteiger partial charge in [0.05, 0.1) is 19.3 Å². The molecule has 32 heavy (non-hydrogen) atoms. The van der Waals surface area contributed by atoms with Crippen LogP contribution in [-0.2, 0) is 23.1 Å². The van der Waals surface area contributed by atoms with E-state index in [1.807, 2.05) is 12.1 Å². The molecular formula is C23H22F2N4O3. The number of hydrogen-bond donors (Lipinski definition) is 1. The van der Waals surface area contributed by atoms with Crippen LogP contribution in [0.15, 0.2) is 70.3 Å². The fourth-order valence-corrected chi connectivity index (χ4v) is 3.27. The second-order valence-electron chi connectivity index (χ2n) is 6.99. The van der Waals surface area contributed by atoms with Gasteiger partial charge in [0.25, 0.3) is 5.56 Å². The molecule has 1 aromatic heterocycles. The van der Waals surface area contributed by atoms with Crippen molar-refractivity contribution in [2.45, 2.75) is 6.54 Å². The van der Waals surface area contributed by atoms with E-state index in [9.17, 15) is 18.4 Å². The second kappa shape index (κ2) is 9.86. The summed E-state index contributed by atoms with van der Waals surface area (Å²) in [5.41, 5.74) is 1.69. The molecule has 0 spiro atoms. The fraction of sp³-hybridized carbons (Fsp3) is 0.174. The Balaban J connectivity index is 1.93. The van der Waals surface area contributed by atoms with Crippen LogP contribution in [0.4, 0.5) is 14.5 Å². The minimum absolute atomic E-state index is 0.0716. The predicted molar refractivity (Wildman–Crippen MR) is 119 cm³/mol. The molecule has 1 heterocycles. The molecule has 3 aromatic rings. The van der Waals surface area contributed by atoms with Crippen molar-refractivity contribution in [1.82, 2.24) is 9.47 Å². The lowest BCUT2D eigenvalue weighted by molar-refractivity contribution is -0.117. The molecule has 2 aromatic carbocycles. The lowest BCUT2D eigenvalue weighted by Gasteiger charge is -2.23. The first kappa shape index (κ1) is 22.7. The van der Waals surface area contributed by atoms with Crippen LogP contribution in [0, 0.1) is 11.6 Å². The normalized spacial score (nSPS) is 11.3. The monoisotopic (exact) mass is 440 g/mol. The van der Waals surface area contributed by atoms with Gasteiger partial charge in [-0.05, 0) is 42.6 Å². The van der Waals surface area contributed by atoms with Crippen molar-refractivity contribution in [3.05, 3.63) is 88.0 Å². The van der Waals surface area contributed by atoms with Crippen molar-refractivity contribution in [3.63, 3.8) is 0 Å². The third-order valence-corrected chi connectivity index (χ3v) is 4.82. The molecule has 0 radical (unpaired) electrons. The highest BCUT2D eigenvalue weighted by atomic mass is 19.1. The molecule has 3 rings (SSSR count). The van der Waals surface area contributed by atoms with Crippen molar-refractivity contribution in [2.24, 2.45) is 12.0 Å². The first-order valence-electron chi connectivity index (χ1n) is 9.61. The number of nitrogens with zero attached hydrogens (tertiary/aromatic N) is 3. The van der Waals surface area contributed by atoms with Gasteiger partial charge in [-0.2, -0.15) is 0 Å². The molecule has 9 heteroatoms. The number of amides is 1. The number of rotatable bonds is 8. The van der Waals surface area contributed by atoms with Gasteiger partial charge in [0, 0.05) is 43.0 Å². The minimum atomic E-state index is -0.706. The van der Waals surface area contributed by atoms with Crippen molar-refractivity contribution in [1.29, 1.82) is 0 Å². The lowest BCUT2D eigenvalue weighted by atomic mass is 10.1. The van der Waals surface area contributed by atoms with Gasteiger partial charge in [-0.15, -0.1) is 0 Å². The lowest BCUT2D eigenvalue weighted by Crippen LogP contribution is -2.26. The van der Waals surface area contributed by atoms with E-state index in [0.717, 1.165) is 22.7 Å². The van der Waals surface area contributed by atoms with Crippen molar-refractivity contribution < 1.29 is 18.3 Å². The number of benzene rings is 2. The summed E-state index contributed by atoms with van der Waals surface area (Å²) >= 11 is 0. The van der Waals surface area contributed by atoms with Crippen LogP contribution >= 0.6 is 0 Å².